The van der Waals surface area contributed by atoms with Gasteiger partial charge in [0.15, 0.2) is 5.78 Å². The molecule has 0 radical (unpaired) electrons. The summed E-state index contributed by atoms with van der Waals surface area (Å²) in [5, 5.41) is 0. The van der Waals surface area contributed by atoms with Crippen molar-refractivity contribution < 1.29 is 4.79 Å². The Morgan fingerprint density at radius 1 is 1.00 bits per heavy atom. The van der Waals surface area contributed by atoms with E-state index in [4.69, 9.17) is 0 Å². The van der Waals surface area contributed by atoms with Crippen molar-refractivity contribution in [3.63, 3.8) is 0 Å². The van der Waals surface area contributed by atoms with Crippen LogP contribution >= 0.6 is 0 Å². The molecule has 1 aromatic carbocycles. The number of hydrogen-bond donors (Lipinski definition) is 0. The van der Waals surface area contributed by atoms with Crippen molar-refractivity contribution >= 4 is 5.78 Å². The van der Waals surface area contributed by atoms with Crippen LogP contribution in [0.15, 0.2) is 42.0 Å². The molecule has 76 valence electrons. The summed E-state index contributed by atoms with van der Waals surface area (Å²) in [6, 6.07) is 10.6. The monoisotopic (exact) mass is 198 g/mol. The smallest absolute Gasteiger partial charge is 0.155 e. The standard InChI is InChI=1S/C14H14O/c15-12-7-6-11(8-12)14-9-13(14)10-4-2-1-3-5-10/h1-5,8,13-14H,6-7,9H2. The minimum Gasteiger partial charge on any atom is -0.295 e. The molecule has 0 aromatic heterocycles. The predicted molar refractivity (Wildman–Crippen MR) is 59.6 cm³/mol. The van der Waals surface area contributed by atoms with Gasteiger partial charge >= 0.3 is 0 Å². The first-order valence-corrected chi connectivity index (χ1v) is 5.63. The molecule has 0 spiro atoms. The highest BCUT2D eigenvalue weighted by atomic mass is 16.1. The lowest BCUT2D eigenvalue weighted by molar-refractivity contribution is -0.114. The molecule has 1 heteroatoms. The predicted octanol–water partition coefficient (Wildman–Crippen LogP) is 3.08. The summed E-state index contributed by atoms with van der Waals surface area (Å²) < 4.78 is 0. The Balaban J connectivity index is 1.75. The van der Waals surface area contributed by atoms with Crippen LogP contribution in [0, 0.1) is 5.92 Å². The molecule has 1 saturated carbocycles. The Kier molecular flexibility index (Phi) is 1.98. The largest absolute Gasteiger partial charge is 0.295 e. The first kappa shape index (κ1) is 8.90. The van der Waals surface area contributed by atoms with E-state index in [0.717, 1.165) is 12.8 Å². The van der Waals surface area contributed by atoms with Crippen LogP contribution in [0.4, 0.5) is 0 Å². The van der Waals surface area contributed by atoms with Gasteiger partial charge in [-0.3, -0.25) is 4.79 Å². The molecule has 1 aromatic rings. The first-order valence-electron chi connectivity index (χ1n) is 5.63. The Hall–Kier alpha value is -1.37. The van der Waals surface area contributed by atoms with Crippen LogP contribution in [0.1, 0.15) is 30.7 Å². The summed E-state index contributed by atoms with van der Waals surface area (Å²) in [7, 11) is 0. The zero-order chi connectivity index (χ0) is 10.3. The Morgan fingerprint density at radius 3 is 2.47 bits per heavy atom. The maximum atomic E-state index is 11.2. The van der Waals surface area contributed by atoms with E-state index in [1.165, 1.54) is 17.6 Å². The van der Waals surface area contributed by atoms with Gasteiger partial charge in [-0.1, -0.05) is 35.9 Å². The van der Waals surface area contributed by atoms with Gasteiger partial charge in [0, 0.05) is 6.42 Å². The molecular formula is C14H14O. The minimum atomic E-state index is 0.323. The summed E-state index contributed by atoms with van der Waals surface area (Å²) >= 11 is 0. The molecule has 2 atom stereocenters. The van der Waals surface area contributed by atoms with Gasteiger partial charge in [0.2, 0.25) is 0 Å². The lowest BCUT2D eigenvalue weighted by Gasteiger charge is -2.00. The minimum absolute atomic E-state index is 0.323. The van der Waals surface area contributed by atoms with Crippen LogP contribution in [0.2, 0.25) is 0 Å². The van der Waals surface area contributed by atoms with Crippen molar-refractivity contribution in [3.8, 4) is 0 Å². The topological polar surface area (TPSA) is 17.1 Å². The molecule has 2 aliphatic carbocycles. The summed E-state index contributed by atoms with van der Waals surface area (Å²) in [4.78, 5) is 11.2. The van der Waals surface area contributed by atoms with E-state index in [0.29, 0.717) is 17.6 Å². The first-order chi connectivity index (χ1) is 7.34. The summed E-state index contributed by atoms with van der Waals surface area (Å²) in [5.41, 5.74) is 2.83. The summed E-state index contributed by atoms with van der Waals surface area (Å²) in [6.45, 7) is 0. The average Bonchev–Trinajstić information content (AvgIpc) is 2.96. The maximum Gasteiger partial charge on any atom is 0.155 e. The second-order valence-corrected chi connectivity index (χ2v) is 4.54. The van der Waals surface area contributed by atoms with E-state index < -0.39 is 0 Å². The van der Waals surface area contributed by atoms with Crippen molar-refractivity contribution in [1.82, 2.24) is 0 Å². The van der Waals surface area contributed by atoms with E-state index in [1.807, 2.05) is 6.08 Å². The molecule has 3 rings (SSSR count). The van der Waals surface area contributed by atoms with E-state index in [1.54, 1.807) is 0 Å². The number of allylic oxidation sites excluding steroid dienone is 2. The second-order valence-electron chi connectivity index (χ2n) is 4.54. The van der Waals surface area contributed by atoms with Gasteiger partial charge in [-0.25, -0.2) is 0 Å². The molecule has 0 aliphatic heterocycles. The summed E-state index contributed by atoms with van der Waals surface area (Å²) in [5.74, 6) is 1.67. The zero-order valence-electron chi connectivity index (χ0n) is 8.65. The van der Waals surface area contributed by atoms with Crippen molar-refractivity contribution in [2.45, 2.75) is 25.2 Å². The van der Waals surface area contributed by atoms with Crippen molar-refractivity contribution in [3.05, 3.63) is 47.5 Å². The van der Waals surface area contributed by atoms with Crippen molar-refractivity contribution in [2.75, 3.05) is 0 Å². The van der Waals surface area contributed by atoms with Crippen molar-refractivity contribution in [2.24, 2.45) is 5.92 Å². The maximum absolute atomic E-state index is 11.2. The third-order valence-corrected chi connectivity index (χ3v) is 3.50. The molecule has 1 fully saturated rings. The fourth-order valence-corrected chi connectivity index (χ4v) is 2.58. The lowest BCUT2D eigenvalue weighted by Crippen LogP contribution is -1.85. The average molecular weight is 198 g/mol. The third kappa shape index (κ3) is 1.63. The molecule has 0 saturated heterocycles. The van der Waals surface area contributed by atoms with E-state index in [9.17, 15) is 4.79 Å². The number of ketones is 1. The fourth-order valence-electron chi connectivity index (χ4n) is 2.58. The van der Waals surface area contributed by atoms with Gasteiger partial charge in [0.05, 0.1) is 0 Å². The molecule has 1 nitrogen and oxygen atoms in total. The van der Waals surface area contributed by atoms with Gasteiger partial charge in [-0.2, -0.15) is 0 Å². The number of hydrogen-bond acceptors (Lipinski definition) is 1. The SMILES string of the molecule is O=C1C=C(C2CC2c2ccccc2)CC1. The third-order valence-electron chi connectivity index (χ3n) is 3.50. The van der Waals surface area contributed by atoms with Crippen LogP contribution in [0.3, 0.4) is 0 Å². The van der Waals surface area contributed by atoms with Gasteiger partial charge in [-0.15, -0.1) is 0 Å². The molecular weight excluding hydrogens is 184 g/mol. The normalized spacial score (nSPS) is 29.1. The quantitative estimate of drug-likeness (QED) is 0.713. The van der Waals surface area contributed by atoms with Crippen LogP contribution in [-0.2, 0) is 4.79 Å². The Morgan fingerprint density at radius 2 is 1.80 bits per heavy atom. The Labute approximate surface area is 89.8 Å². The lowest BCUT2D eigenvalue weighted by atomic mass is 10.0. The van der Waals surface area contributed by atoms with Crippen LogP contribution < -0.4 is 0 Å². The fraction of sp³-hybridized carbons (Fsp3) is 0.357. The van der Waals surface area contributed by atoms with Gasteiger partial charge < -0.3 is 0 Å². The molecule has 0 amide bonds. The van der Waals surface area contributed by atoms with Crippen LogP contribution in [0.5, 0.6) is 0 Å². The van der Waals surface area contributed by atoms with Crippen molar-refractivity contribution in [1.29, 1.82) is 0 Å². The highest BCUT2D eigenvalue weighted by Gasteiger charge is 2.41. The van der Waals surface area contributed by atoms with Crippen LogP contribution in [-0.4, -0.2) is 5.78 Å². The number of benzene rings is 1. The van der Waals surface area contributed by atoms with E-state index in [2.05, 4.69) is 30.3 Å². The van der Waals surface area contributed by atoms with E-state index in [-0.39, 0.29) is 0 Å². The number of carbonyl (C=O) groups excluding carboxylic acids is 1. The zero-order valence-corrected chi connectivity index (χ0v) is 8.65. The van der Waals surface area contributed by atoms with Gasteiger partial charge in [0.1, 0.15) is 0 Å². The highest BCUT2D eigenvalue weighted by Crippen LogP contribution is 2.53. The van der Waals surface area contributed by atoms with Gasteiger partial charge in [-0.05, 0) is 36.3 Å². The summed E-state index contributed by atoms with van der Waals surface area (Å²) in [6.07, 6.45) is 4.87. The second kappa shape index (κ2) is 3.34. The van der Waals surface area contributed by atoms with Gasteiger partial charge in [0.25, 0.3) is 0 Å². The number of carbonyl (C=O) groups is 1. The highest BCUT2D eigenvalue weighted by molar-refractivity contribution is 5.93. The van der Waals surface area contributed by atoms with Crippen LogP contribution in [0.25, 0.3) is 0 Å². The molecule has 0 heterocycles. The molecule has 0 N–H and O–H groups in total. The molecule has 0 bridgehead atoms. The number of rotatable bonds is 2. The molecule has 2 unspecified atom stereocenters. The Bertz CT molecular complexity index is 416. The molecule has 15 heavy (non-hydrogen) atoms. The molecule has 2 aliphatic rings. The van der Waals surface area contributed by atoms with E-state index >= 15 is 0 Å².